The standard InChI is InChI=1S/C20H26O/c1-15-5-7-19(17(3)13-15)9-11-21-12-10-20-8-6-16(2)14-18(20)4/h5-8,13-14H,9-12H2,1-4H3. The van der Waals surface area contributed by atoms with E-state index in [0.717, 1.165) is 26.1 Å². The molecule has 0 amide bonds. The van der Waals surface area contributed by atoms with Crippen molar-refractivity contribution in [1.29, 1.82) is 0 Å². The van der Waals surface area contributed by atoms with Gasteiger partial charge in [0, 0.05) is 0 Å². The van der Waals surface area contributed by atoms with Gasteiger partial charge in [0.25, 0.3) is 0 Å². The molecule has 0 fully saturated rings. The van der Waals surface area contributed by atoms with Crippen LogP contribution in [-0.2, 0) is 17.6 Å². The van der Waals surface area contributed by atoms with Crippen molar-refractivity contribution in [3.63, 3.8) is 0 Å². The van der Waals surface area contributed by atoms with Crippen LogP contribution in [0.4, 0.5) is 0 Å². The molecule has 0 saturated carbocycles. The van der Waals surface area contributed by atoms with Crippen LogP contribution in [0.15, 0.2) is 36.4 Å². The molecule has 0 spiro atoms. The second-order valence-electron chi connectivity index (χ2n) is 5.97. The van der Waals surface area contributed by atoms with Gasteiger partial charge in [0.15, 0.2) is 0 Å². The van der Waals surface area contributed by atoms with E-state index in [-0.39, 0.29) is 0 Å². The summed E-state index contributed by atoms with van der Waals surface area (Å²) in [5.74, 6) is 0. The molecule has 2 rings (SSSR count). The van der Waals surface area contributed by atoms with Crippen LogP contribution in [0.5, 0.6) is 0 Å². The number of hydrogen-bond acceptors (Lipinski definition) is 1. The van der Waals surface area contributed by atoms with E-state index < -0.39 is 0 Å². The largest absolute Gasteiger partial charge is 0.381 e. The van der Waals surface area contributed by atoms with Crippen molar-refractivity contribution in [2.24, 2.45) is 0 Å². The Morgan fingerprint density at radius 2 is 1.10 bits per heavy atom. The molecule has 1 heteroatoms. The monoisotopic (exact) mass is 282 g/mol. The van der Waals surface area contributed by atoms with Gasteiger partial charge in [0.05, 0.1) is 13.2 Å². The third kappa shape index (κ3) is 4.71. The summed E-state index contributed by atoms with van der Waals surface area (Å²) in [6.07, 6.45) is 2.00. The van der Waals surface area contributed by atoms with Gasteiger partial charge in [-0.3, -0.25) is 0 Å². The number of hydrogen-bond donors (Lipinski definition) is 0. The molecule has 0 aromatic heterocycles. The Hall–Kier alpha value is -1.60. The summed E-state index contributed by atoms with van der Waals surface area (Å²) in [6.45, 7) is 10.2. The van der Waals surface area contributed by atoms with Crippen molar-refractivity contribution >= 4 is 0 Å². The van der Waals surface area contributed by atoms with Crippen LogP contribution in [-0.4, -0.2) is 13.2 Å². The lowest BCUT2D eigenvalue weighted by molar-refractivity contribution is 0.140. The lowest BCUT2D eigenvalue weighted by atomic mass is 10.0. The van der Waals surface area contributed by atoms with E-state index in [1.807, 2.05) is 0 Å². The average molecular weight is 282 g/mol. The molecule has 0 radical (unpaired) electrons. The Bertz CT molecular complexity index is 545. The van der Waals surface area contributed by atoms with E-state index in [2.05, 4.69) is 64.1 Å². The van der Waals surface area contributed by atoms with Crippen molar-refractivity contribution in [3.8, 4) is 0 Å². The Morgan fingerprint density at radius 3 is 1.48 bits per heavy atom. The average Bonchev–Trinajstić information content (AvgIpc) is 2.42. The summed E-state index contributed by atoms with van der Waals surface area (Å²) in [5, 5.41) is 0. The Morgan fingerprint density at radius 1 is 0.667 bits per heavy atom. The smallest absolute Gasteiger partial charge is 0.0506 e. The molecule has 0 heterocycles. The maximum absolute atomic E-state index is 5.81. The highest BCUT2D eigenvalue weighted by Gasteiger charge is 2.01. The summed E-state index contributed by atoms with van der Waals surface area (Å²) in [5.41, 5.74) is 8.18. The van der Waals surface area contributed by atoms with E-state index in [9.17, 15) is 0 Å². The third-order valence-electron chi connectivity index (χ3n) is 4.03. The first kappa shape index (κ1) is 15.8. The molecule has 1 nitrogen and oxygen atoms in total. The van der Waals surface area contributed by atoms with Crippen LogP contribution in [0.2, 0.25) is 0 Å². The fourth-order valence-corrected chi connectivity index (χ4v) is 2.72. The fraction of sp³-hybridized carbons (Fsp3) is 0.400. The van der Waals surface area contributed by atoms with Gasteiger partial charge in [-0.1, -0.05) is 47.5 Å². The number of benzene rings is 2. The maximum Gasteiger partial charge on any atom is 0.0506 e. The molecule has 21 heavy (non-hydrogen) atoms. The van der Waals surface area contributed by atoms with Gasteiger partial charge in [0.2, 0.25) is 0 Å². The van der Waals surface area contributed by atoms with Crippen molar-refractivity contribution in [1.82, 2.24) is 0 Å². The second kappa shape index (κ2) is 7.42. The highest BCUT2D eigenvalue weighted by molar-refractivity contribution is 5.31. The van der Waals surface area contributed by atoms with Crippen LogP contribution in [0, 0.1) is 27.7 Å². The first-order chi connectivity index (χ1) is 10.1. The molecule has 0 bridgehead atoms. The minimum absolute atomic E-state index is 0.800. The van der Waals surface area contributed by atoms with Crippen molar-refractivity contribution in [2.45, 2.75) is 40.5 Å². The lowest BCUT2D eigenvalue weighted by Gasteiger charge is -2.09. The van der Waals surface area contributed by atoms with Crippen molar-refractivity contribution in [2.75, 3.05) is 13.2 Å². The molecule has 2 aromatic carbocycles. The maximum atomic E-state index is 5.81. The SMILES string of the molecule is Cc1ccc(CCOCCc2ccc(C)cc2C)c(C)c1. The summed E-state index contributed by atoms with van der Waals surface area (Å²) >= 11 is 0. The van der Waals surface area contributed by atoms with Gasteiger partial charge < -0.3 is 4.74 Å². The first-order valence-corrected chi connectivity index (χ1v) is 7.76. The third-order valence-corrected chi connectivity index (χ3v) is 4.03. The lowest BCUT2D eigenvalue weighted by Crippen LogP contribution is -2.04. The zero-order chi connectivity index (χ0) is 15.2. The molecule has 112 valence electrons. The van der Waals surface area contributed by atoms with Crippen molar-refractivity contribution in [3.05, 3.63) is 69.8 Å². The Labute approximate surface area is 129 Å². The van der Waals surface area contributed by atoms with Crippen LogP contribution in [0.25, 0.3) is 0 Å². The topological polar surface area (TPSA) is 9.23 Å². The Kier molecular flexibility index (Phi) is 5.58. The molecule has 0 atom stereocenters. The minimum Gasteiger partial charge on any atom is -0.381 e. The van der Waals surface area contributed by atoms with Crippen LogP contribution in [0.1, 0.15) is 33.4 Å². The summed E-state index contributed by atoms with van der Waals surface area (Å²) in [7, 11) is 0. The number of rotatable bonds is 6. The molecule has 0 saturated heterocycles. The molecular formula is C20H26O. The van der Waals surface area contributed by atoms with Crippen LogP contribution in [0.3, 0.4) is 0 Å². The number of ether oxygens (including phenoxy) is 1. The van der Waals surface area contributed by atoms with Gasteiger partial charge in [-0.15, -0.1) is 0 Å². The molecule has 0 aliphatic heterocycles. The Balaban J connectivity index is 1.75. The highest BCUT2D eigenvalue weighted by atomic mass is 16.5. The van der Waals surface area contributed by atoms with Gasteiger partial charge >= 0.3 is 0 Å². The predicted molar refractivity (Wildman–Crippen MR) is 90.1 cm³/mol. The van der Waals surface area contributed by atoms with E-state index in [1.165, 1.54) is 33.4 Å². The van der Waals surface area contributed by atoms with Crippen LogP contribution >= 0.6 is 0 Å². The second-order valence-corrected chi connectivity index (χ2v) is 5.97. The molecule has 0 unspecified atom stereocenters. The first-order valence-electron chi connectivity index (χ1n) is 7.76. The quantitative estimate of drug-likeness (QED) is 0.696. The van der Waals surface area contributed by atoms with Crippen molar-refractivity contribution < 1.29 is 4.74 Å². The summed E-state index contributed by atoms with van der Waals surface area (Å²) in [6, 6.07) is 13.3. The fourth-order valence-electron chi connectivity index (χ4n) is 2.72. The summed E-state index contributed by atoms with van der Waals surface area (Å²) < 4.78 is 5.81. The normalized spacial score (nSPS) is 10.9. The number of aryl methyl sites for hydroxylation is 4. The predicted octanol–water partition coefficient (Wildman–Crippen LogP) is 4.72. The highest BCUT2D eigenvalue weighted by Crippen LogP contribution is 2.13. The minimum atomic E-state index is 0.800. The van der Waals surface area contributed by atoms with Gasteiger partial charge in [-0.2, -0.15) is 0 Å². The zero-order valence-corrected chi connectivity index (χ0v) is 13.7. The van der Waals surface area contributed by atoms with E-state index in [0.29, 0.717) is 0 Å². The molecular weight excluding hydrogens is 256 g/mol. The van der Waals surface area contributed by atoms with E-state index in [4.69, 9.17) is 4.74 Å². The molecule has 2 aromatic rings. The molecule has 0 N–H and O–H groups in total. The summed E-state index contributed by atoms with van der Waals surface area (Å²) in [4.78, 5) is 0. The van der Waals surface area contributed by atoms with Gasteiger partial charge in [-0.05, 0) is 62.8 Å². The van der Waals surface area contributed by atoms with Gasteiger partial charge in [0.1, 0.15) is 0 Å². The van der Waals surface area contributed by atoms with Crippen LogP contribution < -0.4 is 0 Å². The molecule has 0 aliphatic rings. The molecule has 0 aliphatic carbocycles. The zero-order valence-electron chi connectivity index (χ0n) is 13.7. The van der Waals surface area contributed by atoms with Gasteiger partial charge in [-0.25, -0.2) is 0 Å². The van der Waals surface area contributed by atoms with E-state index in [1.54, 1.807) is 0 Å². The van der Waals surface area contributed by atoms with E-state index >= 15 is 0 Å².